The van der Waals surface area contributed by atoms with Gasteiger partial charge in [-0.25, -0.2) is 0 Å². The summed E-state index contributed by atoms with van der Waals surface area (Å²) in [5.41, 5.74) is 1.83. The third kappa shape index (κ3) is 2.75. The van der Waals surface area contributed by atoms with Crippen molar-refractivity contribution in [3.8, 4) is 11.5 Å². The van der Waals surface area contributed by atoms with E-state index in [4.69, 9.17) is 9.47 Å². The topological polar surface area (TPSA) is 113 Å². The summed E-state index contributed by atoms with van der Waals surface area (Å²) in [6.45, 7) is 2.02. The molecule has 0 atom stereocenters. The number of benzene rings is 1. The Kier molecular flexibility index (Phi) is 3.79. The van der Waals surface area contributed by atoms with Gasteiger partial charge < -0.3 is 14.8 Å². The summed E-state index contributed by atoms with van der Waals surface area (Å²) in [5, 5.41) is 14.7. The molecule has 1 aliphatic heterocycles. The minimum absolute atomic E-state index is 0.197. The quantitative estimate of drug-likeness (QED) is 0.693. The summed E-state index contributed by atoms with van der Waals surface area (Å²) in [6.07, 6.45) is 0. The van der Waals surface area contributed by atoms with Crippen LogP contribution in [0.4, 0.5) is 0 Å². The second kappa shape index (κ2) is 6.14. The molecule has 3 heterocycles. The average molecular weight is 356 g/mol. The number of carbonyl (C=O) groups excluding carboxylic acids is 1. The van der Waals surface area contributed by atoms with E-state index in [-0.39, 0.29) is 19.2 Å². The lowest BCUT2D eigenvalue weighted by Gasteiger charge is -2.07. The number of carbonyl (C=O) groups is 1. The Morgan fingerprint density at radius 1 is 1.31 bits per heavy atom. The fraction of sp³-hybridized carbons (Fsp3) is 0.312. The SMILES string of the molecule is Cc1nn(C)c2c(=O)n(CC(=O)NCc3ccc4c(c3)OCO4)nnc12. The van der Waals surface area contributed by atoms with Crippen LogP contribution in [0.5, 0.6) is 11.5 Å². The second-order valence-corrected chi connectivity index (χ2v) is 5.92. The number of fused-ring (bicyclic) bond motifs is 2. The minimum atomic E-state index is -0.406. The van der Waals surface area contributed by atoms with Gasteiger partial charge in [0.2, 0.25) is 12.7 Å². The first-order valence-corrected chi connectivity index (χ1v) is 7.95. The maximum atomic E-state index is 12.5. The van der Waals surface area contributed by atoms with Gasteiger partial charge in [-0.1, -0.05) is 11.3 Å². The molecule has 1 aliphatic rings. The molecule has 10 heteroatoms. The lowest BCUT2D eigenvalue weighted by Crippen LogP contribution is -2.34. The van der Waals surface area contributed by atoms with Crippen LogP contribution in [0, 0.1) is 6.92 Å². The van der Waals surface area contributed by atoms with E-state index in [0.717, 1.165) is 10.2 Å². The summed E-state index contributed by atoms with van der Waals surface area (Å²) in [4.78, 5) is 24.7. The van der Waals surface area contributed by atoms with Crippen molar-refractivity contribution in [1.82, 2.24) is 30.1 Å². The molecular weight excluding hydrogens is 340 g/mol. The highest BCUT2D eigenvalue weighted by molar-refractivity contribution is 5.77. The maximum absolute atomic E-state index is 12.5. The van der Waals surface area contributed by atoms with Crippen LogP contribution in [0.15, 0.2) is 23.0 Å². The van der Waals surface area contributed by atoms with E-state index >= 15 is 0 Å². The van der Waals surface area contributed by atoms with Crippen molar-refractivity contribution in [3.63, 3.8) is 0 Å². The largest absolute Gasteiger partial charge is 0.454 e. The predicted octanol–water partition coefficient (Wildman–Crippen LogP) is -0.121. The smallest absolute Gasteiger partial charge is 0.296 e. The fourth-order valence-electron chi connectivity index (χ4n) is 2.81. The van der Waals surface area contributed by atoms with Crippen molar-refractivity contribution in [3.05, 3.63) is 39.8 Å². The van der Waals surface area contributed by atoms with Crippen LogP contribution in [0.3, 0.4) is 0 Å². The normalized spacial score (nSPS) is 12.5. The molecular formula is C16H16N6O4. The highest BCUT2D eigenvalue weighted by Crippen LogP contribution is 2.32. The molecule has 1 aromatic carbocycles. The number of rotatable bonds is 4. The van der Waals surface area contributed by atoms with Crippen molar-refractivity contribution in [2.24, 2.45) is 7.05 Å². The summed E-state index contributed by atoms with van der Waals surface area (Å²) in [5.74, 6) is 0.981. The van der Waals surface area contributed by atoms with Gasteiger partial charge in [0.1, 0.15) is 12.1 Å². The molecule has 0 fully saturated rings. The Bertz CT molecular complexity index is 1070. The highest BCUT2D eigenvalue weighted by Gasteiger charge is 2.16. The van der Waals surface area contributed by atoms with Gasteiger partial charge in [0.25, 0.3) is 5.56 Å². The van der Waals surface area contributed by atoms with Crippen LogP contribution in [0.2, 0.25) is 0 Å². The second-order valence-electron chi connectivity index (χ2n) is 5.92. The van der Waals surface area contributed by atoms with E-state index < -0.39 is 5.56 Å². The third-order valence-electron chi connectivity index (χ3n) is 4.10. The monoisotopic (exact) mass is 356 g/mol. The van der Waals surface area contributed by atoms with Gasteiger partial charge in [-0.05, 0) is 24.6 Å². The van der Waals surface area contributed by atoms with Gasteiger partial charge in [-0.3, -0.25) is 14.3 Å². The Balaban J connectivity index is 1.47. The molecule has 0 unspecified atom stereocenters. The van der Waals surface area contributed by atoms with Gasteiger partial charge in [-0.15, -0.1) is 5.10 Å². The van der Waals surface area contributed by atoms with Crippen molar-refractivity contribution in [1.29, 1.82) is 0 Å². The average Bonchev–Trinajstić information content (AvgIpc) is 3.19. The summed E-state index contributed by atoms with van der Waals surface area (Å²) in [6, 6.07) is 5.43. The number of aryl methyl sites for hydroxylation is 2. The number of aromatic nitrogens is 5. The van der Waals surface area contributed by atoms with E-state index in [2.05, 4.69) is 20.7 Å². The Morgan fingerprint density at radius 2 is 2.12 bits per heavy atom. The number of ether oxygens (including phenoxy) is 2. The highest BCUT2D eigenvalue weighted by atomic mass is 16.7. The standard InChI is InChI=1S/C16H16N6O4/c1-9-14-15(21(2)19-9)16(24)22(20-18-14)7-13(23)17-6-10-3-4-11-12(5-10)26-8-25-11/h3-5H,6-8H2,1-2H3,(H,17,23). The third-order valence-corrected chi connectivity index (χ3v) is 4.10. The molecule has 0 saturated heterocycles. The van der Waals surface area contributed by atoms with Gasteiger partial charge in [-0.2, -0.15) is 9.78 Å². The predicted molar refractivity (Wildman–Crippen MR) is 89.7 cm³/mol. The molecule has 4 rings (SSSR count). The maximum Gasteiger partial charge on any atom is 0.296 e. The van der Waals surface area contributed by atoms with Crippen molar-refractivity contribution in [2.75, 3.05) is 6.79 Å². The summed E-state index contributed by atoms with van der Waals surface area (Å²) >= 11 is 0. The first-order valence-electron chi connectivity index (χ1n) is 7.95. The zero-order valence-electron chi connectivity index (χ0n) is 14.2. The van der Waals surface area contributed by atoms with Gasteiger partial charge >= 0.3 is 0 Å². The molecule has 1 N–H and O–H groups in total. The van der Waals surface area contributed by atoms with Crippen molar-refractivity contribution in [2.45, 2.75) is 20.0 Å². The molecule has 0 aliphatic carbocycles. The van der Waals surface area contributed by atoms with Gasteiger partial charge in [0.15, 0.2) is 17.0 Å². The van der Waals surface area contributed by atoms with E-state index in [9.17, 15) is 9.59 Å². The van der Waals surface area contributed by atoms with Crippen LogP contribution < -0.4 is 20.3 Å². The number of hydrogen-bond donors (Lipinski definition) is 1. The minimum Gasteiger partial charge on any atom is -0.454 e. The summed E-state index contributed by atoms with van der Waals surface area (Å²) in [7, 11) is 1.66. The zero-order valence-corrected chi connectivity index (χ0v) is 14.2. The first-order chi connectivity index (χ1) is 12.5. The molecule has 10 nitrogen and oxygen atoms in total. The molecule has 134 valence electrons. The molecule has 26 heavy (non-hydrogen) atoms. The van der Waals surface area contributed by atoms with Crippen molar-refractivity contribution < 1.29 is 14.3 Å². The van der Waals surface area contributed by atoms with Crippen LogP contribution in [-0.4, -0.2) is 37.5 Å². The molecule has 3 aromatic rings. The first kappa shape index (κ1) is 16.1. The lowest BCUT2D eigenvalue weighted by molar-refractivity contribution is -0.122. The molecule has 0 saturated carbocycles. The number of amides is 1. The zero-order chi connectivity index (χ0) is 18.3. The van der Waals surface area contributed by atoms with Crippen molar-refractivity contribution >= 4 is 16.9 Å². The summed E-state index contributed by atoms with van der Waals surface area (Å²) < 4.78 is 13.0. The fourth-order valence-corrected chi connectivity index (χ4v) is 2.81. The van der Waals surface area contributed by atoms with Gasteiger partial charge in [0, 0.05) is 13.6 Å². The van der Waals surface area contributed by atoms with Gasteiger partial charge in [0.05, 0.1) is 5.69 Å². The Labute approximate surface area is 147 Å². The van der Waals surface area contributed by atoms with E-state index in [0.29, 0.717) is 34.8 Å². The number of nitrogens with one attached hydrogen (secondary N) is 1. The number of nitrogens with zero attached hydrogens (tertiary/aromatic N) is 5. The Morgan fingerprint density at radius 3 is 2.96 bits per heavy atom. The van der Waals surface area contributed by atoms with E-state index in [1.165, 1.54) is 4.68 Å². The van der Waals surface area contributed by atoms with Crippen LogP contribution in [0.1, 0.15) is 11.3 Å². The van der Waals surface area contributed by atoms with E-state index in [1.807, 2.05) is 6.07 Å². The molecule has 0 radical (unpaired) electrons. The van der Waals surface area contributed by atoms with Crippen LogP contribution in [-0.2, 0) is 24.9 Å². The Hall–Kier alpha value is -3.43. The molecule has 1 amide bonds. The number of hydrogen-bond acceptors (Lipinski definition) is 7. The van der Waals surface area contributed by atoms with Crippen LogP contribution >= 0.6 is 0 Å². The molecule has 0 bridgehead atoms. The van der Waals surface area contributed by atoms with E-state index in [1.54, 1.807) is 26.1 Å². The lowest BCUT2D eigenvalue weighted by atomic mass is 10.2. The van der Waals surface area contributed by atoms with Crippen LogP contribution in [0.25, 0.3) is 11.0 Å². The molecule has 0 spiro atoms. The molecule has 2 aromatic heterocycles.